The maximum absolute atomic E-state index is 11.4. The Morgan fingerprint density at radius 2 is 1.45 bits per heavy atom. The topological polar surface area (TPSA) is 96.4 Å². The molecule has 2 N–H and O–H groups in total. The number of nitrogens with one attached hydrogen (secondary N) is 1. The Kier molecular flexibility index (Phi) is 12.6. The van der Waals surface area contributed by atoms with Crippen LogP contribution in [0.3, 0.4) is 0 Å². The SMILES string of the molecule is CC.CC(=O)c1ccc(-c2ccccc2)cc1.CC(C(=O)CO)C(=O)NCc1ccccn1. The molecule has 0 aliphatic heterocycles. The summed E-state index contributed by atoms with van der Waals surface area (Å²) in [5.41, 5.74) is 3.79. The van der Waals surface area contributed by atoms with Crippen molar-refractivity contribution in [2.45, 2.75) is 34.2 Å². The molecule has 0 aliphatic carbocycles. The van der Waals surface area contributed by atoms with Gasteiger partial charge < -0.3 is 10.4 Å². The average molecular weight is 449 g/mol. The Morgan fingerprint density at radius 3 is 1.97 bits per heavy atom. The minimum Gasteiger partial charge on any atom is -0.389 e. The van der Waals surface area contributed by atoms with E-state index in [9.17, 15) is 14.4 Å². The first kappa shape index (κ1) is 27.4. The molecule has 0 fully saturated rings. The van der Waals surface area contributed by atoms with Crippen molar-refractivity contribution < 1.29 is 19.5 Å². The monoisotopic (exact) mass is 448 g/mol. The smallest absolute Gasteiger partial charge is 0.230 e. The van der Waals surface area contributed by atoms with E-state index in [1.165, 1.54) is 12.5 Å². The predicted octanol–water partition coefficient (Wildman–Crippen LogP) is 4.48. The number of carbonyl (C=O) groups is 3. The number of nitrogens with zero attached hydrogens (tertiary/aromatic N) is 1. The Bertz CT molecular complexity index is 988. The van der Waals surface area contributed by atoms with Crippen molar-refractivity contribution in [3.63, 3.8) is 0 Å². The largest absolute Gasteiger partial charge is 0.389 e. The molecular formula is C27H32N2O4. The highest BCUT2D eigenvalue weighted by Crippen LogP contribution is 2.19. The van der Waals surface area contributed by atoms with Gasteiger partial charge in [0.1, 0.15) is 6.61 Å². The fourth-order valence-electron chi connectivity index (χ4n) is 2.64. The Balaban J connectivity index is 0.000000307. The van der Waals surface area contributed by atoms with Crippen LogP contribution in [0.1, 0.15) is 43.7 Å². The molecule has 6 nitrogen and oxygen atoms in total. The maximum atomic E-state index is 11.4. The number of ketones is 2. The first-order valence-corrected chi connectivity index (χ1v) is 10.9. The molecule has 1 aromatic heterocycles. The number of pyridine rings is 1. The third-order valence-electron chi connectivity index (χ3n) is 4.60. The van der Waals surface area contributed by atoms with Gasteiger partial charge in [0.25, 0.3) is 0 Å². The van der Waals surface area contributed by atoms with Gasteiger partial charge in [-0.3, -0.25) is 19.4 Å². The molecule has 0 bridgehead atoms. The normalized spacial score (nSPS) is 10.5. The Hall–Kier alpha value is -3.64. The van der Waals surface area contributed by atoms with Gasteiger partial charge in [-0.15, -0.1) is 0 Å². The van der Waals surface area contributed by atoms with Crippen LogP contribution in [0, 0.1) is 5.92 Å². The van der Waals surface area contributed by atoms with E-state index < -0.39 is 24.2 Å². The van der Waals surface area contributed by atoms with Crippen molar-refractivity contribution in [3.8, 4) is 11.1 Å². The second-order valence-corrected chi connectivity index (χ2v) is 6.88. The highest BCUT2D eigenvalue weighted by molar-refractivity contribution is 6.01. The minimum atomic E-state index is -0.825. The summed E-state index contributed by atoms with van der Waals surface area (Å²) < 4.78 is 0. The standard InChI is InChI=1S/C14H12O.C11H14N2O3.C2H6/c1-11(15)12-7-9-14(10-8-12)13-5-3-2-4-6-13;1-8(10(15)7-14)11(16)13-6-9-4-2-3-5-12-9;1-2/h2-10H,1H3;2-5,8,14H,6-7H2,1H3,(H,13,16);1-2H3. The van der Waals surface area contributed by atoms with Crippen molar-refractivity contribution in [2.75, 3.05) is 6.61 Å². The lowest BCUT2D eigenvalue weighted by atomic mass is 10.0. The van der Waals surface area contributed by atoms with E-state index in [-0.39, 0.29) is 12.3 Å². The van der Waals surface area contributed by atoms with Gasteiger partial charge in [-0.2, -0.15) is 0 Å². The lowest BCUT2D eigenvalue weighted by Crippen LogP contribution is -2.34. The summed E-state index contributed by atoms with van der Waals surface area (Å²) in [7, 11) is 0. The molecule has 1 heterocycles. The van der Waals surface area contributed by atoms with Gasteiger partial charge in [0, 0.05) is 11.8 Å². The van der Waals surface area contributed by atoms with Crippen molar-refractivity contribution in [1.82, 2.24) is 10.3 Å². The Morgan fingerprint density at radius 1 is 0.879 bits per heavy atom. The van der Waals surface area contributed by atoms with Crippen molar-refractivity contribution in [3.05, 3.63) is 90.3 Å². The molecule has 0 saturated carbocycles. The first-order valence-electron chi connectivity index (χ1n) is 10.9. The zero-order chi connectivity index (χ0) is 24.6. The third-order valence-corrected chi connectivity index (χ3v) is 4.60. The third kappa shape index (κ3) is 9.58. The van der Waals surface area contributed by atoms with Crippen LogP contribution in [-0.4, -0.2) is 34.2 Å². The molecule has 3 aromatic rings. The number of hydrogen-bond acceptors (Lipinski definition) is 5. The summed E-state index contributed by atoms with van der Waals surface area (Å²) in [6, 6.07) is 23.2. The lowest BCUT2D eigenvalue weighted by Gasteiger charge is -2.09. The molecule has 2 aromatic carbocycles. The van der Waals surface area contributed by atoms with Gasteiger partial charge in [-0.25, -0.2) is 0 Å². The lowest BCUT2D eigenvalue weighted by molar-refractivity contribution is -0.134. The van der Waals surface area contributed by atoms with Gasteiger partial charge in [0.2, 0.25) is 5.91 Å². The molecular weight excluding hydrogens is 416 g/mol. The fourth-order valence-corrected chi connectivity index (χ4v) is 2.64. The van der Waals surface area contributed by atoms with E-state index in [1.54, 1.807) is 25.3 Å². The van der Waals surface area contributed by atoms with E-state index >= 15 is 0 Å². The van der Waals surface area contributed by atoms with Crippen molar-refractivity contribution in [2.24, 2.45) is 5.92 Å². The van der Waals surface area contributed by atoms with Gasteiger partial charge in [-0.05, 0) is 37.1 Å². The summed E-state index contributed by atoms with van der Waals surface area (Å²) in [6.45, 7) is 6.71. The number of hydrogen-bond donors (Lipinski definition) is 2. The summed E-state index contributed by atoms with van der Waals surface area (Å²) in [5, 5.41) is 11.2. The van der Waals surface area contributed by atoms with Gasteiger partial charge in [0.05, 0.1) is 18.2 Å². The number of carbonyl (C=O) groups excluding carboxylic acids is 3. The maximum Gasteiger partial charge on any atom is 0.230 e. The van der Waals surface area contributed by atoms with Crippen LogP contribution in [0.4, 0.5) is 0 Å². The van der Waals surface area contributed by atoms with Crippen LogP contribution in [-0.2, 0) is 16.1 Å². The fraction of sp³-hybridized carbons (Fsp3) is 0.259. The molecule has 6 heteroatoms. The second kappa shape index (κ2) is 15.2. The van der Waals surface area contributed by atoms with Crippen molar-refractivity contribution >= 4 is 17.5 Å². The molecule has 1 unspecified atom stereocenters. The molecule has 0 spiro atoms. The molecule has 1 atom stereocenters. The number of Topliss-reactive ketones (excluding diaryl/α,β-unsaturated/α-hetero) is 2. The molecule has 33 heavy (non-hydrogen) atoms. The Labute approximate surface area is 195 Å². The molecule has 1 amide bonds. The summed E-state index contributed by atoms with van der Waals surface area (Å²) in [4.78, 5) is 37.6. The van der Waals surface area contributed by atoms with Gasteiger partial charge in [-0.1, -0.05) is 74.5 Å². The number of benzene rings is 2. The summed E-state index contributed by atoms with van der Waals surface area (Å²) in [6.07, 6.45) is 1.63. The number of rotatable bonds is 7. The van der Waals surface area contributed by atoms with Crippen LogP contribution >= 0.6 is 0 Å². The molecule has 0 radical (unpaired) electrons. The second-order valence-electron chi connectivity index (χ2n) is 6.88. The molecule has 174 valence electrons. The van der Waals surface area contributed by atoms with Gasteiger partial charge >= 0.3 is 0 Å². The predicted molar refractivity (Wildman–Crippen MR) is 131 cm³/mol. The highest BCUT2D eigenvalue weighted by atomic mass is 16.3. The quantitative estimate of drug-likeness (QED) is 0.410. The number of aromatic nitrogens is 1. The van der Waals surface area contributed by atoms with E-state index in [1.807, 2.05) is 62.4 Å². The van der Waals surface area contributed by atoms with Crippen LogP contribution in [0.15, 0.2) is 79.0 Å². The van der Waals surface area contributed by atoms with Crippen LogP contribution < -0.4 is 5.32 Å². The number of aliphatic hydroxyl groups is 1. The van der Waals surface area contributed by atoms with Crippen LogP contribution in [0.2, 0.25) is 0 Å². The van der Waals surface area contributed by atoms with Crippen molar-refractivity contribution in [1.29, 1.82) is 0 Å². The molecule has 3 rings (SSSR count). The van der Waals surface area contributed by atoms with Crippen LogP contribution in [0.5, 0.6) is 0 Å². The molecule has 0 aliphatic rings. The van der Waals surface area contributed by atoms with Gasteiger partial charge in [0.15, 0.2) is 11.6 Å². The molecule has 0 saturated heterocycles. The number of aliphatic hydroxyl groups excluding tert-OH is 1. The summed E-state index contributed by atoms with van der Waals surface area (Å²) in [5.74, 6) is -1.61. The minimum absolute atomic E-state index is 0.106. The summed E-state index contributed by atoms with van der Waals surface area (Å²) >= 11 is 0. The zero-order valence-corrected chi connectivity index (χ0v) is 19.6. The van der Waals surface area contributed by atoms with E-state index in [0.717, 1.165) is 16.8 Å². The van der Waals surface area contributed by atoms with E-state index in [4.69, 9.17) is 5.11 Å². The zero-order valence-electron chi connectivity index (χ0n) is 19.6. The van der Waals surface area contributed by atoms with E-state index in [0.29, 0.717) is 0 Å². The highest BCUT2D eigenvalue weighted by Gasteiger charge is 2.19. The average Bonchev–Trinajstić information content (AvgIpc) is 2.89. The van der Waals surface area contributed by atoms with E-state index in [2.05, 4.69) is 22.4 Å². The first-order chi connectivity index (χ1) is 15.9. The van der Waals surface area contributed by atoms with Crippen LogP contribution in [0.25, 0.3) is 11.1 Å². The number of amides is 1.